The first-order valence-electron chi connectivity index (χ1n) is 12.2. The molecule has 1 aromatic carbocycles. The van der Waals surface area contributed by atoms with E-state index in [2.05, 4.69) is 20.6 Å². The molecule has 3 amide bonds. The summed E-state index contributed by atoms with van der Waals surface area (Å²) < 4.78 is 0. The normalized spacial score (nSPS) is 17.6. The third-order valence-corrected chi connectivity index (χ3v) is 6.94. The Morgan fingerprint density at radius 1 is 1.19 bits per heavy atom. The molecule has 11 nitrogen and oxygen atoms in total. The van der Waals surface area contributed by atoms with Crippen LogP contribution in [-0.2, 0) is 32.0 Å². The van der Waals surface area contributed by atoms with Crippen molar-refractivity contribution in [1.29, 1.82) is 0 Å². The van der Waals surface area contributed by atoms with Gasteiger partial charge in [0.25, 0.3) is 0 Å². The lowest BCUT2D eigenvalue weighted by atomic mass is 10.0. The van der Waals surface area contributed by atoms with Gasteiger partial charge in [0.1, 0.15) is 18.1 Å². The van der Waals surface area contributed by atoms with E-state index in [4.69, 9.17) is 5.73 Å². The largest absolute Gasteiger partial charge is 0.480 e. The number of benzene rings is 1. The molecule has 0 aliphatic carbocycles. The topological polar surface area (TPSA) is 171 Å². The van der Waals surface area contributed by atoms with Gasteiger partial charge in [0.15, 0.2) is 0 Å². The molecule has 37 heavy (non-hydrogen) atoms. The van der Waals surface area contributed by atoms with E-state index < -0.39 is 47.9 Å². The van der Waals surface area contributed by atoms with Crippen molar-refractivity contribution in [2.45, 2.75) is 56.3 Å². The van der Waals surface area contributed by atoms with Crippen LogP contribution in [0.2, 0.25) is 0 Å². The number of rotatable bonds is 13. The zero-order valence-electron chi connectivity index (χ0n) is 20.8. The van der Waals surface area contributed by atoms with Crippen molar-refractivity contribution in [2.24, 2.45) is 5.73 Å². The number of hydrogen-bond acceptors (Lipinski definition) is 7. The predicted molar refractivity (Wildman–Crippen MR) is 140 cm³/mol. The molecule has 0 saturated carbocycles. The highest BCUT2D eigenvalue weighted by atomic mass is 32.2. The number of hydrogen-bond donors (Lipinski definition) is 5. The third-order valence-electron chi connectivity index (χ3n) is 6.30. The summed E-state index contributed by atoms with van der Waals surface area (Å²) in [6, 6.07) is 5.60. The molecule has 1 aromatic heterocycles. The van der Waals surface area contributed by atoms with Crippen LogP contribution in [-0.4, -0.2) is 86.4 Å². The number of nitrogens with zero attached hydrogens (tertiary/aromatic N) is 2. The summed E-state index contributed by atoms with van der Waals surface area (Å²) in [6.45, 7) is 0.328. The van der Waals surface area contributed by atoms with Crippen molar-refractivity contribution in [3.63, 3.8) is 0 Å². The van der Waals surface area contributed by atoms with Gasteiger partial charge in [-0.05, 0) is 36.8 Å². The summed E-state index contributed by atoms with van der Waals surface area (Å²) >= 11 is 1.58. The third kappa shape index (κ3) is 8.05. The lowest BCUT2D eigenvalue weighted by molar-refractivity contribution is -0.144. The maximum absolute atomic E-state index is 13.7. The predicted octanol–water partition coefficient (Wildman–Crippen LogP) is 0.321. The Morgan fingerprint density at radius 2 is 1.95 bits per heavy atom. The molecule has 0 spiro atoms. The molecule has 0 radical (unpaired) electrons. The molecule has 6 N–H and O–H groups in total. The lowest BCUT2D eigenvalue weighted by Crippen LogP contribution is -2.57. The van der Waals surface area contributed by atoms with Crippen molar-refractivity contribution >= 4 is 35.5 Å². The number of carbonyl (C=O) groups is 4. The number of H-pyrrole nitrogens is 1. The Labute approximate surface area is 220 Å². The van der Waals surface area contributed by atoms with Crippen molar-refractivity contribution in [3.05, 3.63) is 54.1 Å². The molecule has 4 atom stereocenters. The lowest BCUT2D eigenvalue weighted by Gasteiger charge is -2.30. The van der Waals surface area contributed by atoms with Gasteiger partial charge in [-0.3, -0.25) is 14.4 Å². The fourth-order valence-corrected chi connectivity index (χ4v) is 4.78. The van der Waals surface area contributed by atoms with Crippen LogP contribution in [0.5, 0.6) is 0 Å². The highest BCUT2D eigenvalue weighted by molar-refractivity contribution is 7.98. The molecule has 2 heterocycles. The first kappa shape index (κ1) is 28.2. The summed E-state index contributed by atoms with van der Waals surface area (Å²) in [5.74, 6) is -1.84. The molecule has 1 saturated heterocycles. The van der Waals surface area contributed by atoms with Crippen molar-refractivity contribution < 1.29 is 24.3 Å². The van der Waals surface area contributed by atoms with Crippen molar-refractivity contribution in [2.75, 3.05) is 18.6 Å². The van der Waals surface area contributed by atoms with Gasteiger partial charge in [-0.1, -0.05) is 30.3 Å². The van der Waals surface area contributed by atoms with Gasteiger partial charge in [-0.15, -0.1) is 0 Å². The van der Waals surface area contributed by atoms with Crippen LogP contribution in [0.4, 0.5) is 0 Å². The molecule has 1 aliphatic rings. The Bertz CT molecular complexity index is 1050. The maximum Gasteiger partial charge on any atom is 0.326 e. The van der Waals surface area contributed by atoms with E-state index in [-0.39, 0.29) is 12.8 Å². The quantitative estimate of drug-likeness (QED) is 0.246. The van der Waals surface area contributed by atoms with Crippen LogP contribution in [0.15, 0.2) is 42.9 Å². The Hall–Kier alpha value is -3.38. The number of carbonyl (C=O) groups excluding carboxylic acids is 3. The minimum Gasteiger partial charge on any atom is -0.480 e. The second kappa shape index (κ2) is 13.8. The van der Waals surface area contributed by atoms with E-state index in [9.17, 15) is 24.3 Å². The van der Waals surface area contributed by atoms with Crippen molar-refractivity contribution in [3.8, 4) is 0 Å². The molecule has 1 fully saturated rings. The second-order valence-electron chi connectivity index (χ2n) is 9.01. The Kier molecular flexibility index (Phi) is 10.5. The fraction of sp³-hybridized carbons (Fsp3) is 0.480. The van der Waals surface area contributed by atoms with Crippen LogP contribution >= 0.6 is 11.8 Å². The SMILES string of the molecule is CSCCC(N)C(=O)NC(Cc1ccccc1)C(=O)N1CCCC1C(=O)NC(Cc1cnc[nH]1)C(=O)O. The number of nitrogens with one attached hydrogen (secondary N) is 3. The molecule has 1 aliphatic heterocycles. The summed E-state index contributed by atoms with van der Waals surface area (Å²) in [5.41, 5.74) is 7.45. The summed E-state index contributed by atoms with van der Waals surface area (Å²) in [5, 5.41) is 15.0. The van der Waals surface area contributed by atoms with Gasteiger partial charge in [0, 0.05) is 31.3 Å². The van der Waals surface area contributed by atoms with E-state index in [0.29, 0.717) is 37.3 Å². The van der Waals surface area contributed by atoms with E-state index >= 15 is 0 Å². The van der Waals surface area contributed by atoms with Crippen LogP contribution in [0, 0.1) is 0 Å². The molecule has 0 bridgehead atoms. The zero-order chi connectivity index (χ0) is 26.8. The molecule has 3 rings (SSSR count). The minimum absolute atomic E-state index is 0.0301. The second-order valence-corrected chi connectivity index (χ2v) is 9.99. The van der Waals surface area contributed by atoms with Gasteiger partial charge in [0.05, 0.1) is 12.4 Å². The highest BCUT2D eigenvalue weighted by Crippen LogP contribution is 2.20. The number of carboxylic acid groups (broad SMARTS) is 1. The number of aromatic amines is 1. The summed E-state index contributed by atoms with van der Waals surface area (Å²) in [6.07, 6.45) is 6.57. The molecular formula is C25H34N6O5S. The zero-order valence-corrected chi connectivity index (χ0v) is 21.6. The molecular weight excluding hydrogens is 496 g/mol. The molecule has 200 valence electrons. The fourth-order valence-electron chi connectivity index (χ4n) is 4.29. The number of aromatic nitrogens is 2. The van der Waals surface area contributed by atoms with Crippen LogP contribution in [0.3, 0.4) is 0 Å². The van der Waals surface area contributed by atoms with Gasteiger partial charge >= 0.3 is 5.97 Å². The summed E-state index contributed by atoms with van der Waals surface area (Å²) in [7, 11) is 0. The molecule has 4 unspecified atom stereocenters. The highest BCUT2D eigenvalue weighted by Gasteiger charge is 2.39. The first-order valence-corrected chi connectivity index (χ1v) is 13.6. The van der Waals surface area contributed by atoms with E-state index in [1.165, 1.54) is 17.4 Å². The van der Waals surface area contributed by atoms with Gasteiger partial charge in [-0.25, -0.2) is 9.78 Å². The van der Waals surface area contributed by atoms with Gasteiger partial charge < -0.3 is 31.4 Å². The Morgan fingerprint density at radius 3 is 2.59 bits per heavy atom. The monoisotopic (exact) mass is 530 g/mol. The first-order chi connectivity index (χ1) is 17.8. The number of thioether (sulfide) groups is 1. The van der Waals surface area contributed by atoms with E-state index in [0.717, 1.165) is 5.56 Å². The average molecular weight is 531 g/mol. The standard InChI is InChI=1S/C25H34N6O5S/c1-37-11-9-18(26)22(32)29-19(12-16-6-3-2-4-7-16)24(34)31-10-5-8-21(31)23(33)30-20(25(35)36)13-17-14-27-15-28-17/h2-4,6-7,14-15,18-21H,5,8-13,26H2,1H3,(H,27,28)(H,29,32)(H,30,33)(H,35,36). The summed E-state index contributed by atoms with van der Waals surface area (Å²) in [4.78, 5) is 59.5. The number of carboxylic acids is 1. The average Bonchev–Trinajstić information content (AvgIpc) is 3.59. The van der Waals surface area contributed by atoms with Crippen molar-refractivity contribution in [1.82, 2.24) is 25.5 Å². The van der Waals surface area contributed by atoms with Gasteiger partial charge in [0.2, 0.25) is 17.7 Å². The minimum atomic E-state index is -1.19. The number of amides is 3. The number of aliphatic carboxylic acids is 1. The van der Waals surface area contributed by atoms with Crippen LogP contribution in [0.25, 0.3) is 0 Å². The maximum atomic E-state index is 13.7. The Balaban J connectivity index is 1.73. The van der Waals surface area contributed by atoms with E-state index in [1.54, 1.807) is 11.8 Å². The molecule has 12 heteroatoms. The van der Waals surface area contributed by atoms with Crippen LogP contribution < -0.4 is 16.4 Å². The number of nitrogens with two attached hydrogens (primary N) is 1. The molecule has 2 aromatic rings. The van der Waals surface area contributed by atoms with E-state index in [1.807, 2.05) is 36.6 Å². The van der Waals surface area contributed by atoms with Gasteiger partial charge in [-0.2, -0.15) is 11.8 Å². The number of imidazole rings is 1. The number of likely N-dealkylation sites (tertiary alicyclic amines) is 1. The van der Waals surface area contributed by atoms with Crippen LogP contribution in [0.1, 0.15) is 30.5 Å². The smallest absolute Gasteiger partial charge is 0.326 e.